The summed E-state index contributed by atoms with van der Waals surface area (Å²) in [4.78, 5) is 65.7. The van der Waals surface area contributed by atoms with E-state index in [4.69, 9.17) is 23.8 Å². The van der Waals surface area contributed by atoms with Crippen molar-refractivity contribution >= 4 is 33.4 Å². The summed E-state index contributed by atoms with van der Waals surface area (Å²) in [7, 11) is -9.80. The Hall–Kier alpha value is -1.59. The summed E-state index contributed by atoms with van der Waals surface area (Å²) < 4.78 is 47.6. The first-order valence-corrected chi connectivity index (χ1v) is 25.0. The van der Waals surface area contributed by atoms with Gasteiger partial charge in [0.1, 0.15) is 18.5 Å². The number of rotatable bonds is 37. The number of phosphoric acid groups is 2. The van der Waals surface area contributed by atoms with Crippen molar-refractivity contribution in [2.24, 2.45) is 17.8 Å². The van der Waals surface area contributed by atoms with E-state index >= 15 is 0 Å². The number of phosphoric ester groups is 2. The van der Waals surface area contributed by atoms with Crippen molar-refractivity contribution in [1.29, 1.82) is 0 Å². The van der Waals surface area contributed by atoms with Gasteiger partial charge in [0.15, 0.2) is 6.10 Å². The van der Waals surface area contributed by atoms with Gasteiger partial charge >= 0.3 is 27.6 Å². The number of ketones is 1. The molecule has 1 aliphatic rings. The van der Waals surface area contributed by atoms with Crippen LogP contribution in [0, 0.1) is 17.8 Å². The molecule has 19 heteroatoms. The van der Waals surface area contributed by atoms with E-state index in [1.54, 1.807) is 12.2 Å². The van der Waals surface area contributed by atoms with Crippen LogP contribution in [0.25, 0.3) is 0 Å². The fraction of sp³-hybridized carbons (Fsp3) is 0.878. The highest BCUT2D eigenvalue weighted by molar-refractivity contribution is 7.47. The topological polar surface area (TPSA) is 273 Å². The molecule has 17 nitrogen and oxygen atoms in total. The summed E-state index contributed by atoms with van der Waals surface area (Å²) >= 11 is 0. The molecule has 352 valence electrons. The Balaban J connectivity index is 2.60. The van der Waals surface area contributed by atoms with Crippen LogP contribution in [-0.2, 0) is 46.6 Å². The number of unbranched alkanes of at least 4 members (excludes halogenated alkanes) is 10. The number of aliphatic hydroxyl groups excluding tert-OH is 4. The minimum Gasteiger partial charge on any atom is -0.462 e. The van der Waals surface area contributed by atoms with E-state index in [2.05, 4.69) is 29.8 Å². The highest BCUT2D eigenvalue weighted by atomic mass is 31.2. The lowest BCUT2D eigenvalue weighted by atomic mass is 9.87. The van der Waals surface area contributed by atoms with Crippen LogP contribution in [0.4, 0.5) is 0 Å². The third-order valence-electron chi connectivity index (χ3n) is 10.7. The second kappa shape index (κ2) is 32.1. The summed E-state index contributed by atoms with van der Waals surface area (Å²) in [6.07, 6.45) is 12.9. The lowest BCUT2D eigenvalue weighted by molar-refractivity contribution is -0.161. The molecule has 0 aliphatic heterocycles. The van der Waals surface area contributed by atoms with E-state index < -0.39 is 96.4 Å². The average Bonchev–Trinajstić information content (AvgIpc) is 3.45. The average molecular weight is 903 g/mol. The monoisotopic (exact) mass is 902 g/mol. The van der Waals surface area contributed by atoms with Crippen LogP contribution < -0.4 is 0 Å². The van der Waals surface area contributed by atoms with Crippen molar-refractivity contribution in [1.82, 2.24) is 0 Å². The fourth-order valence-corrected chi connectivity index (χ4v) is 8.00. The second-order valence-corrected chi connectivity index (χ2v) is 18.9. The zero-order valence-electron chi connectivity index (χ0n) is 36.1. The molecule has 0 spiro atoms. The molecule has 60 heavy (non-hydrogen) atoms. The molecule has 0 aromatic carbocycles. The van der Waals surface area contributed by atoms with Crippen molar-refractivity contribution in [3.63, 3.8) is 0 Å². The number of ether oxygens (including phenoxy) is 2. The lowest BCUT2D eigenvalue weighted by Gasteiger charge is -2.21. The molecule has 0 saturated heterocycles. The van der Waals surface area contributed by atoms with Crippen molar-refractivity contribution in [3.05, 3.63) is 12.2 Å². The molecule has 2 unspecified atom stereocenters. The number of aliphatic hydroxyl groups is 4. The van der Waals surface area contributed by atoms with E-state index in [0.717, 1.165) is 50.9 Å². The third kappa shape index (κ3) is 28.9. The summed E-state index contributed by atoms with van der Waals surface area (Å²) in [6.45, 7) is 3.50. The first-order valence-electron chi connectivity index (χ1n) is 21.9. The van der Waals surface area contributed by atoms with Gasteiger partial charge in [0.25, 0.3) is 0 Å². The molecule has 9 atom stereocenters. The number of Topliss-reactive ketones (excluding diaryl/α,β-unsaturated/α-hetero) is 1. The summed E-state index contributed by atoms with van der Waals surface area (Å²) in [5.41, 5.74) is 0. The maximum absolute atomic E-state index is 12.8. The number of hydrogen-bond acceptors (Lipinski definition) is 14. The normalized spacial score (nSPS) is 21.4. The minimum atomic E-state index is -4.90. The Morgan fingerprint density at radius 1 is 0.700 bits per heavy atom. The SMILES string of the molecule is CCCCC[C@H](O)/C=C/[C@@H]1[C@@H](CC(=O)CCCCC(=O)OC[C@H](COP(=O)(O)OC[C@@H](O)COP(=O)(O)O)OC(=O)CCCCCCCCCCC(C)CC)[C@@H](O)C[C@H]1O. The third-order valence-corrected chi connectivity index (χ3v) is 12.1. The number of esters is 2. The quantitative estimate of drug-likeness (QED) is 0.0154. The number of hydrogen-bond donors (Lipinski definition) is 7. The molecule has 0 radical (unpaired) electrons. The zero-order valence-corrected chi connectivity index (χ0v) is 37.8. The highest BCUT2D eigenvalue weighted by Gasteiger charge is 2.41. The molecule has 0 aromatic heterocycles. The molecule has 1 rings (SSSR count). The van der Waals surface area contributed by atoms with Crippen LogP contribution >= 0.6 is 15.6 Å². The lowest BCUT2D eigenvalue weighted by Crippen LogP contribution is -2.30. The van der Waals surface area contributed by atoms with E-state index in [1.165, 1.54) is 32.1 Å². The van der Waals surface area contributed by atoms with Gasteiger partial charge in [-0.2, -0.15) is 0 Å². The van der Waals surface area contributed by atoms with Gasteiger partial charge in [0.05, 0.1) is 38.1 Å². The van der Waals surface area contributed by atoms with Crippen molar-refractivity contribution in [3.8, 4) is 0 Å². The Kier molecular flexibility index (Phi) is 30.2. The van der Waals surface area contributed by atoms with E-state index in [-0.39, 0.29) is 44.3 Å². The van der Waals surface area contributed by atoms with E-state index in [9.17, 15) is 48.8 Å². The van der Waals surface area contributed by atoms with Crippen LogP contribution in [0.2, 0.25) is 0 Å². The van der Waals surface area contributed by atoms with Crippen LogP contribution in [0.3, 0.4) is 0 Å². The smallest absolute Gasteiger partial charge is 0.462 e. The Labute approximate surface area is 356 Å². The van der Waals surface area contributed by atoms with Crippen molar-refractivity contribution < 1.29 is 81.7 Å². The first kappa shape index (κ1) is 56.4. The Bertz CT molecular complexity index is 1310. The Morgan fingerprint density at radius 2 is 1.27 bits per heavy atom. The molecule has 1 fully saturated rings. The molecule has 1 aliphatic carbocycles. The molecular weight excluding hydrogens is 826 g/mol. The van der Waals surface area contributed by atoms with Gasteiger partial charge in [0.2, 0.25) is 0 Å². The summed E-state index contributed by atoms with van der Waals surface area (Å²) in [6, 6.07) is 0. The zero-order chi connectivity index (χ0) is 45.0. The van der Waals surface area contributed by atoms with E-state index in [1.807, 2.05) is 0 Å². The van der Waals surface area contributed by atoms with Crippen LogP contribution in [0.1, 0.15) is 156 Å². The first-order chi connectivity index (χ1) is 28.4. The van der Waals surface area contributed by atoms with Gasteiger partial charge < -0.3 is 44.6 Å². The molecule has 0 aromatic rings. The molecule has 0 amide bonds. The standard InChI is InChI=1S/C41H76O17P2/c1-4-6-13-19-32(42)23-24-36-37(39(46)26-38(36)45)25-33(43)20-16-17-21-40(47)54-29-35(30-57-60(52,53)56-28-34(44)27-55-59(49,50)51)58-41(48)22-15-12-10-8-7-9-11-14-18-31(3)5-2/h23-24,31-32,34-39,42,44-46H,4-22,25-30H2,1-3H3,(H,52,53)(H2,49,50,51)/b24-23+/t31?,32-,34-,35+,36+,37+,38+,39-/m0/s1. The molecule has 1 saturated carbocycles. The fourth-order valence-electron chi connectivity index (χ4n) is 6.85. The van der Waals surface area contributed by atoms with Gasteiger partial charge in [-0.3, -0.25) is 28.0 Å². The maximum Gasteiger partial charge on any atom is 0.472 e. The number of carbonyl (C=O) groups is 3. The molecular formula is C41H76O17P2. The van der Waals surface area contributed by atoms with Gasteiger partial charge in [-0.25, -0.2) is 9.13 Å². The predicted molar refractivity (Wildman–Crippen MR) is 223 cm³/mol. The highest BCUT2D eigenvalue weighted by Crippen LogP contribution is 2.44. The van der Waals surface area contributed by atoms with Gasteiger partial charge in [-0.1, -0.05) is 110 Å². The summed E-state index contributed by atoms with van der Waals surface area (Å²) in [5, 5.41) is 41.0. The van der Waals surface area contributed by atoms with Gasteiger partial charge in [-0.15, -0.1) is 0 Å². The van der Waals surface area contributed by atoms with Crippen molar-refractivity contribution in [2.45, 2.75) is 186 Å². The molecule has 7 N–H and O–H groups in total. The largest absolute Gasteiger partial charge is 0.472 e. The minimum absolute atomic E-state index is 0.0356. The number of carbonyl (C=O) groups excluding carboxylic acids is 3. The second-order valence-electron chi connectivity index (χ2n) is 16.2. The van der Waals surface area contributed by atoms with Gasteiger partial charge in [-0.05, 0) is 31.6 Å². The van der Waals surface area contributed by atoms with Crippen LogP contribution in [-0.4, -0.2) is 110 Å². The van der Waals surface area contributed by atoms with Crippen molar-refractivity contribution in [2.75, 3.05) is 26.4 Å². The molecule has 0 bridgehead atoms. The van der Waals surface area contributed by atoms with Crippen LogP contribution in [0.15, 0.2) is 12.2 Å². The van der Waals surface area contributed by atoms with Crippen LogP contribution in [0.5, 0.6) is 0 Å². The predicted octanol–water partition coefficient (Wildman–Crippen LogP) is 6.37. The summed E-state index contributed by atoms with van der Waals surface area (Å²) in [5.74, 6) is -1.67. The van der Waals surface area contributed by atoms with E-state index in [0.29, 0.717) is 19.3 Å². The van der Waals surface area contributed by atoms with Gasteiger partial charge in [0, 0.05) is 43.9 Å². The molecule has 0 heterocycles. The maximum atomic E-state index is 12.8. The Morgan fingerprint density at radius 3 is 1.92 bits per heavy atom.